The Bertz CT molecular complexity index is 362. The molecule has 1 aliphatic rings. The fourth-order valence-electron chi connectivity index (χ4n) is 2.07. The van der Waals surface area contributed by atoms with Crippen molar-refractivity contribution in [3.63, 3.8) is 0 Å². The van der Waals surface area contributed by atoms with Crippen LogP contribution in [0.25, 0.3) is 0 Å². The summed E-state index contributed by atoms with van der Waals surface area (Å²) in [5, 5.41) is 3.33. The van der Waals surface area contributed by atoms with Gasteiger partial charge < -0.3 is 19.5 Å². The van der Waals surface area contributed by atoms with Crippen molar-refractivity contribution in [2.24, 2.45) is 0 Å². The standard InChI is InChI=1S/C13H19NO3/c1-15-9-10-7-11(16-2)3-4-12(10)13-8-14-5-6-17-13/h3-4,7,13-14H,5-6,8-9H2,1-2H3. The van der Waals surface area contributed by atoms with E-state index in [9.17, 15) is 0 Å². The van der Waals surface area contributed by atoms with E-state index in [2.05, 4.69) is 11.4 Å². The van der Waals surface area contributed by atoms with Crippen molar-refractivity contribution in [3.8, 4) is 5.75 Å². The summed E-state index contributed by atoms with van der Waals surface area (Å²) < 4.78 is 16.2. The molecule has 0 amide bonds. The topological polar surface area (TPSA) is 39.7 Å². The molecule has 1 N–H and O–H groups in total. The van der Waals surface area contributed by atoms with E-state index < -0.39 is 0 Å². The van der Waals surface area contributed by atoms with Crippen molar-refractivity contribution in [1.29, 1.82) is 0 Å². The highest BCUT2D eigenvalue weighted by Crippen LogP contribution is 2.26. The minimum atomic E-state index is 0.111. The highest BCUT2D eigenvalue weighted by atomic mass is 16.5. The van der Waals surface area contributed by atoms with Crippen LogP contribution in [0.3, 0.4) is 0 Å². The lowest BCUT2D eigenvalue weighted by molar-refractivity contribution is 0.0260. The smallest absolute Gasteiger partial charge is 0.119 e. The molecule has 1 fully saturated rings. The Morgan fingerprint density at radius 1 is 1.41 bits per heavy atom. The SMILES string of the molecule is COCc1cc(OC)ccc1C1CNCCO1. The van der Waals surface area contributed by atoms with E-state index in [0.29, 0.717) is 6.61 Å². The maximum Gasteiger partial charge on any atom is 0.119 e. The first-order valence-electron chi connectivity index (χ1n) is 5.83. The third kappa shape index (κ3) is 2.97. The molecular weight excluding hydrogens is 218 g/mol. The van der Waals surface area contributed by atoms with Crippen molar-refractivity contribution in [3.05, 3.63) is 29.3 Å². The summed E-state index contributed by atoms with van der Waals surface area (Å²) in [7, 11) is 3.37. The van der Waals surface area contributed by atoms with Gasteiger partial charge in [-0.2, -0.15) is 0 Å². The quantitative estimate of drug-likeness (QED) is 0.861. The molecule has 0 aliphatic carbocycles. The van der Waals surface area contributed by atoms with Gasteiger partial charge in [0, 0.05) is 20.2 Å². The summed E-state index contributed by atoms with van der Waals surface area (Å²) in [5.74, 6) is 0.851. The summed E-state index contributed by atoms with van der Waals surface area (Å²) in [6.45, 7) is 3.10. The van der Waals surface area contributed by atoms with Crippen molar-refractivity contribution >= 4 is 0 Å². The number of morpholine rings is 1. The van der Waals surface area contributed by atoms with Gasteiger partial charge in [-0.05, 0) is 23.3 Å². The van der Waals surface area contributed by atoms with Crippen LogP contribution in [0.1, 0.15) is 17.2 Å². The Hall–Kier alpha value is -1.10. The fraction of sp³-hybridized carbons (Fsp3) is 0.538. The zero-order valence-electron chi connectivity index (χ0n) is 10.4. The number of rotatable bonds is 4. The number of hydrogen-bond acceptors (Lipinski definition) is 4. The first kappa shape index (κ1) is 12.4. The van der Waals surface area contributed by atoms with Gasteiger partial charge in [0.25, 0.3) is 0 Å². The minimum Gasteiger partial charge on any atom is -0.497 e. The molecule has 2 rings (SSSR count). The summed E-state index contributed by atoms with van der Waals surface area (Å²) in [6, 6.07) is 6.04. The molecule has 1 unspecified atom stereocenters. The van der Waals surface area contributed by atoms with Gasteiger partial charge in [-0.1, -0.05) is 6.07 Å². The third-order valence-electron chi connectivity index (χ3n) is 2.92. The zero-order valence-corrected chi connectivity index (χ0v) is 10.4. The maximum absolute atomic E-state index is 5.77. The highest BCUT2D eigenvalue weighted by molar-refractivity contribution is 5.37. The van der Waals surface area contributed by atoms with Gasteiger partial charge >= 0.3 is 0 Å². The number of nitrogens with one attached hydrogen (secondary N) is 1. The van der Waals surface area contributed by atoms with E-state index >= 15 is 0 Å². The summed E-state index contributed by atoms with van der Waals surface area (Å²) in [6.07, 6.45) is 0.111. The lowest BCUT2D eigenvalue weighted by Crippen LogP contribution is -2.33. The molecule has 94 valence electrons. The van der Waals surface area contributed by atoms with Crippen LogP contribution < -0.4 is 10.1 Å². The second kappa shape index (κ2) is 6.00. The molecule has 4 nitrogen and oxygen atoms in total. The van der Waals surface area contributed by atoms with E-state index in [0.717, 1.165) is 31.0 Å². The van der Waals surface area contributed by atoms with Crippen LogP contribution in [-0.4, -0.2) is 33.9 Å². The average Bonchev–Trinajstić information content (AvgIpc) is 2.40. The predicted molar refractivity (Wildman–Crippen MR) is 65.3 cm³/mol. The van der Waals surface area contributed by atoms with E-state index in [1.807, 2.05) is 12.1 Å². The molecule has 17 heavy (non-hydrogen) atoms. The average molecular weight is 237 g/mol. The number of hydrogen-bond donors (Lipinski definition) is 1. The van der Waals surface area contributed by atoms with E-state index in [1.165, 1.54) is 5.56 Å². The molecule has 0 radical (unpaired) electrons. The summed E-state index contributed by atoms with van der Waals surface area (Å²) in [4.78, 5) is 0. The lowest BCUT2D eigenvalue weighted by atomic mass is 10.0. The molecule has 1 heterocycles. The van der Waals surface area contributed by atoms with E-state index in [1.54, 1.807) is 14.2 Å². The normalized spacial score (nSPS) is 20.2. The Labute approximate surface area is 102 Å². The number of benzene rings is 1. The van der Waals surface area contributed by atoms with Crippen LogP contribution in [0.15, 0.2) is 18.2 Å². The van der Waals surface area contributed by atoms with E-state index in [4.69, 9.17) is 14.2 Å². The number of methoxy groups -OCH3 is 2. The van der Waals surface area contributed by atoms with Gasteiger partial charge in [0.15, 0.2) is 0 Å². The molecule has 0 saturated carbocycles. The monoisotopic (exact) mass is 237 g/mol. The van der Waals surface area contributed by atoms with Gasteiger partial charge in [0.2, 0.25) is 0 Å². The van der Waals surface area contributed by atoms with Gasteiger partial charge in [-0.15, -0.1) is 0 Å². The highest BCUT2D eigenvalue weighted by Gasteiger charge is 2.19. The summed E-state index contributed by atoms with van der Waals surface area (Å²) in [5.41, 5.74) is 2.31. The van der Waals surface area contributed by atoms with Crippen molar-refractivity contribution in [1.82, 2.24) is 5.32 Å². The molecule has 4 heteroatoms. The molecular formula is C13H19NO3. The second-order valence-electron chi connectivity index (χ2n) is 4.06. The van der Waals surface area contributed by atoms with Crippen LogP contribution in [0.2, 0.25) is 0 Å². The van der Waals surface area contributed by atoms with Crippen LogP contribution in [0.5, 0.6) is 5.75 Å². The third-order valence-corrected chi connectivity index (χ3v) is 2.92. The molecule has 1 aromatic carbocycles. The van der Waals surface area contributed by atoms with Gasteiger partial charge in [-0.25, -0.2) is 0 Å². The van der Waals surface area contributed by atoms with Crippen molar-refractivity contribution in [2.45, 2.75) is 12.7 Å². The molecule has 1 aromatic rings. The van der Waals surface area contributed by atoms with Crippen LogP contribution in [-0.2, 0) is 16.1 Å². The van der Waals surface area contributed by atoms with Gasteiger partial charge in [0.05, 0.1) is 26.4 Å². The molecule has 1 saturated heterocycles. The van der Waals surface area contributed by atoms with Crippen LogP contribution >= 0.6 is 0 Å². The molecule has 1 atom stereocenters. The Morgan fingerprint density at radius 3 is 2.94 bits per heavy atom. The van der Waals surface area contributed by atoms with E-state index in [-0.39, 0.29) is 6.10 Å². The molecule has 0 aromatic heterocycles. The molecule has 0 bridgehead atoms. The van der Waals surface area contributed by atoms with Crippen LogP contribution in [0.4, 0.5) is 0 Å². The number of ether oxygens (including phenoxy) is 3. The van der Waals surface area contributed by atoms with Gasteiger partial charge in [0.1, 0.15) is 5.75 Å². The Kier molecular flexibility index (Phi) is 4.36. The molecule has 1 aliphatic heterocycles. The van der Waals surface area contributed by atoms with Gasteiger partial charge in [-0.3, -0.25) is 0 Å². The summed E-state index contributed by atoms with van der Waals surface area (Å²) >= 11 is 0. The predicted octanol–water partition coefficient (Wildman–Crippen LogP) is 1.50. The van der Waals surface area contributed by atoms with Crippen molar-refractivity contribution in [2.75, 3.05) is 33.9 Å². The van der Waals surface area contributed by atoms with Crippen molar-refractivity contribution < 1.29 is 14.2 Å². The minimum absolute atomic E-state index is 0.111. The first-order valence-corrected chi connectivity index (χ1v) is 5.83. The molecule has 0 spiro atoms. The maximum atomic E-state index is 5.77. The second-order valence-corrected chi connectivity index (χ2v) is 4.06. The lowest BCUT2D eigenvalue weighted by Gasteiger charge is -2.26. The Morgan fingerprint density at radius 2 is 2.29 bits per heavy atom. The first-order chi connectivity index (χ1) is 8.35. The van der Waals surface area contributed by atoms with Crippen LogP contribution in [0, 0.1) is 0 Å². The largest absolute Gasteiger partial charge is 0.497 e. The zero-order chi connectivity index (χ0) is 12.1. The fourth-order valence-corrected chi connectivity index (χ4v) is 2.07. The Balaban J connectivity index is 2.24.